The van der Waals surface area contributed by atoms with Gasteiger partial charge in [0.25, 0.3) is 5.91 Å². The molecule has 1 aliphatic rings. The number of ketones is 1. The molecule has 2 aromatic heterocycles. The van der Waals surface area contributed by atoms with Crippen LogP contribution in [0, 0.1) is 5.92 Å². The van der Waals surface area contributed by atoms with Crippen LogP contribution in [0.4, 0.5) is 23.7 Å². The van der Waals surface area contributed by atoms with Crippen LogP contribution in [0.15, 0.2) is 6.33 Å². The summed E-state index contributed by atoms with van der Waals surface area (Å²) in [6.45, 7) is 1.39. The normalized spacial score (nSPS) is 16.0. The minimum Gasteiger partial charge on any atom is -0.368 e. The van der Waals surface area contributed by atoms with Crippen LogP contribution < -0.4 is 21.3 Å². The first-order valence-electron chi connectivity index (χ1n) is 9.64. The summed E-state index contributed by atoms with van der Waals surface area (Å²) in [7, 11) is 7.06. The smallest absolute Gasteiger partial charge is 0.281 e. The van der Waals surface area contributed by atoms with E-state index >= 15 is 0 Å². The number of fused-ring (bicyclic) bond motifs is 1. The average molecular weight is 445 g/mol. The van der Waals surface area contributed by atoms with Crippen molar-refractivity contribution in [1.82, 2.24) is 24.5 Å². The zero-order valence-electron chi connectivity index (χ0n) is 18.4. The van der Waals surface area contributed by atoms with Crippen molar-refractivity contribution in [3.63, 3.8) is 0 Å². The summed E-state index contributed by atoms with van der Waals surface area (Å²) in [5.41, 5.74) is 5.83. The minimum absolute atomic E-state index is 0.101. The van der Waals surface area contributed by atoms with Crippen molar-refractivity contribution in [1.29, 1.82) is 0 Å². The van der Waals surface area contributed by atoms with Gasteiger partial charge in [0.2, 0.25) is 29.7 Å². The van der Waals surface area contributed by atoms with E-state index in [4.69, 9.17) is 5.73 Å². The lowest BCUT2D eigenvalue weighted by molar-refractivity contribution is -0.861. The highest BCUT2D eigenvalue weighted by molar-refractivity contribution is 6.20. The molecule has 0 saturated carbocycles. The number of nitrogen functional groups attached to an aromatic ring is 1. The molecule has 14 nitrogen and oxygen atoms in total. The first kappa shape index (κ1) is 22.7. The van der Waals surface area contributed by atoms with E-state index in [0.717, 1.165) is 0 Å². The lowest BCUT2D eigenvalue weighted by Crippen LogP contribution is -2.42. The van der Waals surface area contributed by atoms with E-state index in [1.165, 1.54) is 29.8 Å². The molecule has 0 aromatic carbocycles. The summed E-state index contributed by atoms with van der Waals surface area (Å²) in [5, 5.41) is 4.97. The number of carbonyl (C=O) groups excluding carboxylic acids is 4. The third kappa shape index (κ3) is 4.85. The molecule has 0 aliphatic carbocycles. The highest BCUT2D eigenvalue weighted by Gasteiger charge is 2.38. The number of nitrogens with one attached hydrogen (secondary N) is 2. The first-order valence-corrected chi connectivity index (χ1v) is 9.64. The molecular weight excluding hydrogens is 420 g/mol. The van der Waals surface area contributed by atoms with Gasteiger partial charge in [-0.25, -0.2) is 4.98 Å². The molecule has 3 rings (SSSR count). The molecule has 32 heavy (non-hydrogen) atoms. The van der Waals surface area contributed by atoms with Gasteiger partial charge in [0, 0.05) is 7.05 Å². The molecule has 1 atom stereocenters. The molecule has 14 heteroatoms. The Morgan fingerprint density at radius 2 is 1.69 bits per heavy atom. The fourth-order valence-electron chi connectivity index (χ4n) is 3.12. The van der Waals surface area contributed by atoms with Gasteiger partial charge in [-0.2, -0.15) is 15.0 Å². The summed E-state index contributed by atoms with van der Waals surface area (Å²) < 4.78 is 1.74. The average Bonchev–Trinajstić information content (AvgIpc) is 3.06. The van der Waals surface area contributed by atoms with Gasteiger partial charge in [0.15, 0.2) is 18.1 Å². The Bertz CT molecular complexity index is 1100. The number of hydrogen-bond donors (Lipinski definition) is 3. The largest absolute Gasteiger partial charge is 0.368 e. The molecular formula is C18H25N10O4+. The molecule has 3 heterocycles. The Morgan fingerprint density at radius 3 is 2.28 bits per heavy atom. The van der Waals surface area contributed by atoms with Gasteiger partial charge in [-0.15, -0.1) is 0 Å². The molecule has 2 aromatic rings. The van der Waals surface area contributed by atoms with Gasteiger partial charge in [-0.3, -0.25) is 34.7 Å². The lowest BCUT2D eigenvalue weighted by atomic mass is 9.98. The van der Waals surface area contributed by atoms with Gasteiger partial charge in [0.1, 0.15) is 18.2 Å². The van der Waals surface area contributed by atoms with E-state index in [9.17, 15) is 19.2 Å². The molecule has 1 unspecified atom stereocenters. The molecule has 0 spiro atoms. The number of carbonyl (C=O) groups is 4. The molecule has 3 amide bonds. The standard InChI is InChI=1S/C18H24N10O4/c1-9-13(31)12-14(26(2)15(9)32)20-8-27(12)6-10(29)21-17-23-16(19)24-18(25-17)22-11(30)7-28(3,4)5/h8-9H,6-7H2,1-5H3,(H3-,19,21,22,23,24,25,29,30)/p+1. The number of rotatable bonds is 6. The Hall–Kier alpha value is -3.94. The quantitative estimate of drug-likeness (QED) is 0.361. The van der Waals surface area contributed by atoms with E-state index < -0.39 is 17.6 Å². The Kier molecular flexibility index (Phi) is 5.90. The van der Waals surface area contributed by atoms with Crippen molar-refractivity contribution >= 4 is 47.2 Å². The van der Waals surface area contributed by atoms with Crippen LogP contribution in [0.2, 0.25) is 0 Å². The van der Waals surface area contributed by atoms with E-state index in [1.807, 2.05) is 21.1 Å². The summed E-state index contributed by atoms with van der Waals surface area (Å²) in [4.78, 5) is 66.4. The summed E-state index contributed by atoms with van der Waals surface area (Å²) >= 11 is 0. The van der Waals surface area contributed by atoms with E-state index in [1.54, 1.807) is 0 Å². The number of aromatic nitrogens is 5. The predicted octanol–water partition coefficient (Wildman–Crippen LogP) is -1.27. The van der Waals surface area contributed by atoms with Gasteiger partial charge >= 0.3 is 0 Å². The minimum atomic E-state index is -0.868. The van der Waals surface area contributed by atoms with Crippen molar-refractivity contribution in [3.8, 4) is 0 Å². The Balaban J connectivity index is 1.73. The van der Waals surface area contributed by atoms with Crippen molar-refractivity contribution in [2.24, 2.45) is 5.92 Å². The molecule has 0 fully saturated rings. The predicted molar refractivity (Wildman–Crippen MR) is 114 cm³/mol. The van der Waals surface area contributed by atoms with Gasteiger partial charge in [-0.1, -0.05) is 0 Å². The second-order valence-electron chi connectivity index (χ2n) is 8.41. The number of likely N-dealkylation sites (N-methyl/N-ethyl adjacent to an activating group) is 1. The zero-order valence-corrected chi connectivity index (χ0v) is 18.4. The van der Waals surface area contributed by atoms with E-state index in [2.05, 4.69) is 30.6 Å². The highest BCUT2D eigenvalue weighted by atomic mass is 16.2. The van der Waals surface area contributed by atoms with Crippen molar-refractivity contribution < 1.29 is 23.7 Å². The molecule has 170 valence electrons. The van der Waals surface area contributed by atoms with E-state index in [0.29, 0.717) is 4.48 Å². The van der Waals surface area contributed by atoms with Crippen LogP contribution in [0.3, 0.4) is 0 Å². The van der Waals surface area contributed by atoms with Crippen LogP contribution in [0.1, 0.15) is 17.4 Å². The van der Waals surface area contributed by atoms with Gasteiger partial charge in [-0.05, 0) is 6.92 Å². The number of anilines is 4. The van der Waals surface area contributed by atoms with Crippen LogP contribution in [-0.2, 0) is 20.9 Å². The number of amides is 3. The number of nitrogens with zero attached hydrogens (tertiary/aromatic N) is 7. The van der Waals surface area contributed by atoms with Crippen molar-refractivity contribution in [3.05, 3.63) is 12.0 Å². The zero-order chi connectivity index (χ0) is 23.8. The molecule has 0 bridgehead atoms. The maximum absolute atomic E-state index is 12.6. The fraction of sp³-hybridized carbons (Fsp3) is 0.444. The highest BCUT2D eigenvalue weighted by Crippen LogP contribution is 2.28. The van der Waals surface area contributed by atoms with Crippen molar-refractivity contribution in [2.45, 2.75) is 13.5 Å². The third-order valence-electron chi connectivity index (χ3n) is 4.55. The first-order chi connectivity index (χ1) is 14.9. The Morgan fingerprint density at radius 1 is 1.09 bits per heavy atom. The van der Waals surface area contributed by atoms with E-state index in [-0.39, 0.29) is 54.3 Å². The molecule has 4 N–H and O–H groups in total. The number of quaternary nitrogens is 1. The van der Waals surface area contributed by atoms with Crippen LogP contribution in [-0.4, -0.2) is 87.2 Å². The molecule has 0 radical (unpaired) electrons. The van der Waals surface area contributed by atoms with Gasteiger partial charge < -0.3 is 14.8 Å². The number of hydrogen-bond acceptors (Lipinski definition) is 9. The van der Waals surface area contributed by atoms with Crippen LogP contribution >= 0.6 is 0 Å². The molecule has 1 aliphatic heterocycles. The summed E-state index contributed by atoms with van der Waals surface area (Å²) in [6, 6.07) is 0. The SMILES string of the molecule is CC1C(=O)c2c(ncn2CC(=O)Nc2nc(N)nc(NC(=O)C[N+](C)(C)C)n2)N(C)C1=O. The topological polar surface area (TPSA) is 178 Å². The summed E-state index contributed by atoms with van der Waals surface area (Å²) in [6.07, 6.45) is 1.31. The second kappa shape index (κ2) is 8.30. The second-order valence-corrected chi connectivity index (χ2v) is 8.41. The number of Topliss-reactive ketones (excluding diaryl/α,β-unsaturated/α-hetero) is 1. The maximum Gasteiger partial charge on any atom is 0.281 e. The number of nitrogens with two attached hydrogens (primary N) is 1. The fourth-order valence-corrected chi connectivity index (χ4v) is 3.12. The van der Waals surface area contributed by atoms with Crippen molar-refractivity contribution in [2.75, 3.05) is 56.0 Å². The Labute approximate surface area is 183 Å². The number of imidazole rings is 1. The van der Waals surface area contributed by atoms with Crippen LogP contribution in [0.5, 0.6) is 0 Å². The van der Waals surface area contributed by atoms with Gasteiger partial charge in [0.05, 0.1) is 27.5 Å². The van der Waals surface area contributed by atoms with Crippen LogP contribution in [0.25, 0.3) is 0 Å². The lowest BCUT2D eigenvalue weighted by Gasteiger charge is -2.25. The third-order valence-corrected chi connectivity index (χ3v) is 4.55. The molecule has 0 saturated heterocycles. The summed E-state index contributed by atoms with van der Waals surface area (Å²) in [5.74, 6) is -2.82. The monoisotopic (exact) mass is 445 g/mol. The maximum atomic E-state index is 12.6.